The van der Waals surface area contributed by atoms with E-state index in [2.05, 4.69) is 5.32 Å². The van der Waals surface area contributed by atoms with E-state index in [1.165, 1.54) is 0 Å². The molecule has 0 unspecified atom stereocenters. The number of morpholine rings is 1. The van der Waals surface area contributed by atoms with Crippen LogP contribution in [0.5, 0.6) is 0 Å². The molecular formula is C26H42N4O7. The first-order valence-corrected chi connectivity index (χ1v) is 13.7. The Labute approximate surface area is 219 Å². The Bertz CT molecular complexity index is 863. The fourth-order valence-corrected chi connectivity index (χ4v) is 5.81. The number of hydrogen-bond acceptors (Lipinski definition) is 7. The monoisotopic (exact) mass is 522 g/mol. The van der Waals surface area contributed by atoms with Crippen molar-refractivity contribution in [3.05, 3.63) is 0 Å². The van der Waals surface area contributed by atoms with Crippen molar-refractivity contribution in [1.82, 2.24) is 20.0 Å². The van der Waals surface area contributed by atoms with E-state index < -0.39 is 23.8 Å². The lowest BCUT2D eigenvalue weighted by atomic mass is 9.95. The molecule has 4 aliphatic heterocycles. The van der Waals surface area contributed by atoms with E-state index in [0.717, 1.165) is 0 Å². The van der Waals surface area contributed by atoms with Crippen LogP contribution in [0.4, 0.5) is 4.79 Å². The molecular weight excluding hydrogens is 480 g/mol. The van der Waals surface area contributed by atoms with Gasteiger partial charge < -0.3 is 34.2 Å². The fourth-order valence-electron chi connectivity index (χ4n) is 5.81. The maximum atomic E-state index is 13.7. The summed E-state index contributed by atoms with van der Waals surface area (Å²) in [6.45, 7) is 10.8. The van der Waals surface area contributed by atoms with Crippen molar-refractivity contribution in [3.63, 3.8) is 0 Å². The van der Waals surface area contributed by atoms with Gasteiger partial charge in [-0.3, -0.25) is 14.4 Å². The average molecular weight is 523 g/mol. The predicted molar refractivity (Wildman–Crippen MR) is 134 cm³/mol. The molecule has 1 N–H and O–H groups in total. The largest absolute Gasteiger partial charge is 0.444 e. The van der Waals surface area contributed by atoms with Gasteiger partial charge in [-0.25, -0.2) is 4.79 Å². The molecule has 11 heteroatoms. The Morgan fingerprint density at radius 3 is 2.35 bits per heavy atom. The smallest absolute Gasteiger partial charge is 0.408 e. The first kappa shape index (κ1) is 27.6. The van der Waals surface area contributed by atoms with Crippen LogP contribution in [0.15, 0.2) is 0 Å². The summed E-state index contributed by atoms with van der Waals surface area (Å²) in [5.74, 6) is -0.499. The van der Waals surface area contributed by atoms with Gasteiger partial charge in [-0.15, -0.1) is 0 Å². The molecule has 0 aliphatic carbocycles. The summed E-state index contributed by atoms with van der Waals surface area (Å²) < 4.78 is 16.7. The van der Waals surface area contributed by atoms with Crippen LogP contribution in [-0.2, 0) is 28.6 Å². The summed E-state index contributed by atoms with van der Waals surface area (Å²) in [5.41, 5.74) is -0.690. The van der Waals surface area contributed by atoms with Crippen LogP contribution in [0.1, 0.15) is 59.8 Å². The van der Waals surface area contributed by atoms with Crippen LogP contribution >= 0.6 is 0 Å². The first-order valence-electron chi connectivity index (χ1n) is 13.7. The number of amides is 4. The summed E-state index contributed by atoms with van der Waals surface area (Å²) in [6, 6.07) is -1.52. The lowest BCUT2D eigenvalue weighted by Crippen LogP contribution is -2.63. The van der Waals surface area contributed by atoms with Crippen LogP contribution in [0.2, 0.25) is 0 Å². The quantitative estimate of drug-likeness (QED) is 0.575. The highest BCUT2D eigenvalue weighted by Gasteiger charge is 2.49. The molecule has 4 saturated heterocycles. The molecule has 0 aromatic carbocycles. The van der Waals surface area contributed by atoms with Crippen molar-refractivity contribution >= 4 is 23.8 Å². The molecule has 0 aromatic heterocycles. The third-order valence-electron chi connectivity index (χ3n) is 7.61. The van der Waals surface area contributed by atoms with Gasteiger partial charge in [0, 0.05) is 38.8 Å². The third kappa shape index (κ3) is 6.54. The number of rotatable bonds is 5. The summed E-state index contributed by atoms with van der Waals surface area (Å²) >= 11 is 0. The molecule has 0 radical (unpaired) electrons. The predicted octanol–water partition coefficient (Wildman–Crippen LogP) is 1.15. The van der Waals surface area contributed by atoms with Crippen LogP contribution in [0, 0.1) is 5.92 Å². The normalized spacial score (nSPS) is 29.2. The Morgan fingerprint density at radius 2 is 1.70 bits per heavy atom. The molecule has 4 amide bonds. The minimum absolute atomic E-state index is 0.0538. The van der Waals surface area contributed by atoms with Gasteiger partial charge in [-0.1, -0.05) is 0 Å². The van der Waals surface area contributed by atoms with Crippen molar-refractivity contribution in [2.75, 3.05) is 46.0 Å². The van der Waals surface area contributed by atoms with E-state index in [1.54, 1.807) is 30.6 Å². The van der Waals surface area contributed by atoms with E-state index in [4.69, 9.17) is 14.2 Å². The van der Waals surface area contributed by atoms with E-state index >= 15 is 0 Å². The van der Waals surface area contributed by atoms with Gasteiger partial charge in [0.1, 0.15) is 17.7 Å². The maximum absolute atomic E-state index is 13.7. The van der Waals surface area contributed by atoms with Crippen molar-refractivity contribution in [3.8, 4) is 0 Å². The van der Waals surface area contributed by atoms with Crippen LogP contribution in [0.25, 0.3) is 0 Å². The van der Waals surface area contributed by atoms with Gasteiger partial charge in [0.15, 0.2) is 0 Å². The summed E-state index contributed by atoms with van der Waals surface area (Å²) in [6.07, 6.45) is 2.28. The van der Waals surface area contributed by atoms with E-state index in [1.807, 2.05) is 11.8 Å². The summed E-state index contributed by atoms with van der Waals surface area (Å²) in [4.78, 5) is 57.8. The van der Waals surface area contributed by atoms with Gasteiger partial charge in [0.25, 0.3) is 0 Å². The Morgan fingerprint density at radius 1 is 1.00 bits per heavy atom. The van der Waals surface area contributed by atoms with Crippen molar-refractivity contribution < 1.29 is 33.4 Å². The summed E-state index contributed by atoms with van der Waals surface area (Å²) in [7, 11) is 0. The number of ether oxygens (including phenoxy) is 3. The second-order valence-corrected chi connectivity index (χ2v) is 11.5. The number of carbonyl (C=O) groups excluding carboxylic acids is 4. The van der Waals surface area contributed by atoms with Crippen LogP contribution in [0.3, 0.4) is 0 Å². The van der Waals surface area contributed by atoms with Gasteiger partial charge >= 0.3 is 6.09 Å². The second kappa shape index (κ2) is 11.6. The molecule has 4 fully saturated rings. The molecule has 11 nitrogen and oxygen atoms in total. The molecule has 37 heavy (non-hydrogen) atoms. The Hall–Kier alpha value is -2.40. The number of carbonyl (C=O) groups is 4. The van der Waals surface area contributed by atoms with Crippen molar-refractivity contribution in [2.45, 2.75) is 89.6 Å². The molecule has 4 atom stereocenters. The minimum atomic E-state index is -0.791. The van der Waals surface area contributed by atoms with Crippen molar-refractivity contribution in [2.24, 2.45) is 5.92 Å². The molecule has 0 saturated carbocycles. The first-order chi connectivity index (χ1) is 17.6. The SMILES string of the molecule is CCO[C@@H]1CC[C@H](NC(=O)OC(C)(C)C)C(=O)N2[C@H](CC[C@H]2C(=O)N2CC(C(=O)N3CCOCC3)C2)C1. The van der Waals surface area contributed by atoms with Gasteiger partial charge in [0.05, 0.1) is 25.2 Å². The number of fused-ring (bicyclic) bond motifs is 1. The maximum Gasteiger partial charge on any atom is 0.408 e. The minimum Gasteiger partial charge on any atom is -0.444 e. The lowest BCUT2D eigenvalue weighted by molar-refractivity contribution is -0.157. The molecule has 4 heterocycles. The zero-order chi connectivity index (χ0) is 26.7. The molecule has 4 rings (SSSR count). The second-order valence-electron chi connectivity index (χ2n) is 11.5. The van der Waals surface area contributed by atoms with Gasteiger partial charge in [-0.05, 0) is 59.8 Å². The lowest BCUT2D eigenvalue weighted by Gasteiger charge is -2.44. The van der Waals surface area contributed by atoms with E-state index in [0.29, 0.717) is 78.1 Å². The number of likely N-dealkylation sites (tertiary alicyclic amines) is 1. The fraction of sp³-hybridized carbons (Fsp3) is 0.846. The number of hydrogen-bond donors (Lipinski definition) is 1. The molecule has 0 bridgehead atoms. The summed E-state index contributed by atoms with van der Waals surface area (Å²) in [5, 5.41) is 2.75. The Kier molecular flexibility index (Phi) is 8.63. The van der Waals surface area contributed by atoms with Crippen LogP contribution in [-0.4, -0.2) is 114 Å². The van der Waals surface area contributed by atoms with Crippen LogP contribution < -0.4 is 5.32 Å². The number of alkyl carbamates (subject to hydrolysis) is 1. The van der Waals surface area contributed by atoms with Crippen molar-refractivity contribution in [1.29, 1.82) is 0 Å². The third-order valence-corrected chi connectivity index (χ3v) is 7.61. The zero-order valence-corrected chi connectivity index (χ0v) is 22.6. The molecule has 208 valence electrons. The Balaban J connectivity index is 1.43. The molecule has 0 aromatic rings. The molecule has 4 aliphatic rings. The highest BCUT2D eigenvalue weighted by atomic mass is 16.6. The van der Waals surface area contributed by atoms with Gasteiger partial charge in [0.2, 0.25) is 17.7 Å². The highest BCUT2D eigenvalue weighted by Crippen LogP contribution is 2.34. The number of nitrogens with zero attached hydrogens (tertiary/aromatic N) is 3. The highest BCUT2D eigenvalue weighted by molar-refractivity contribution is 5.93. The zero-order valence-electron chi connectivity index (χ0n) is 22.6. The van der Waals surface area contributed by atoms with E-state index in [9.17, 15) is 19.2 Å². The standard InChI is InChI=1S/C26H42N4O7/c1-5-36-19-7-8-20(27-25(34)37-26(2,3)4)23(32)30-18(14-19)6-9-21(30)24(33)29-15-17(16-29)22(31)28-10-12-35-13-11-28/h17-21H,5-16H2,1-4H3,(H,27,34)/t18-,19-,20+,21+/m1/s1. The van der Waals surface area contributed by atoms with Gasteiger partial charge in [-0.2, -0.15) is 0 Å². The van der Waals surface area contributed by atoms with E-state index in [-0.39, 0.29) is 35.8 Å². The average Bonchev–Trinajstić information content (AvgIpc) is 3.21. The topological polar surface area (TPSA) is 118 Å². The molecule has 0 spiro atoms. The number of nitrogens with one attached hydrogen (secondary N) is 1.